The predicted octanol–water partition coefficient (Wildman–Crippen LogP) is 3.21. The average Bonchev–Trinajstić information content (AvgIpc) is 3.30. The highest BCUT2D eigenvalue weighted by atomic mass is 35.5. The number of anilines is 1. The summed E-state index contributed by atoms with van der Waals surface area (Å²) in [5.74, 6) is -3.71. The number of hydrogen-bond donors (Lipinski definition) is 3. The average molecular weight is 563 g/mol. The van der Waals surface area contributed by atoms with Crippen LogP contribution in [0.2, 0.25) is 0 Å². The number of carbonyl (C=O) groups is 2. The number of rotatable bonds is 12. The van der Waals surface area contributed by atoms with E-state index in [1.54, 1.807) is 24.3 Å². The third-order valence-electron chi connectivity index (χ3n) is 5.59. The maximum atomic E-state index is 14.7. The summed E-state index contributed by atoms with van der Waals surface area (Å²) < 4.78 is 40.5. The minimum atomic E-state index is -1.25. The fourth-order valence-electron chi connectivity index (χ4n) is 3.71. The molecule has 2 amide bonds. The molecule has 0 aliphatic rings. The van der Waals surface area contributed by atoms with E-state index in [2.05, 4.69) is 15.6 Å². The second-order valence-corrected chi connectivity index (χ2v) is 8.05. The standard InChI is InChI=1S/C26H28F2N6O4.ClH/c1-3-16-14-17(4-5-18(16)25(35)31-10-13-37-11-8-29)33-26(36)24-32-15-20(34(24)2)19-6-7-21(38-12-9-30)23(28)22(19)27;/h4-7,14-15H,3,8,10-13,29H2,1-2H3,(H,31,35)(H,33,36);1H. The molecule has 0 unspecified atom stereocenters. The normalized spacial score (nSPS) is 10.4. The molecule has 0 atom stereocenters. The largest absolute Gasteiger partial charge is 0.476 e. The van der Waals surface area contributed by atoms with Gasteiger partial charge in [0.2, 0.25) is 5.82 Å². The van der Waals surface area contributed by atoms with Crippen molar-refractivity contribution in [2.75, 3.05) is 38.2 Å². The van der Waals surface area contributed by atoms with Gasteiger partial charge in [-0.05, 0) is 42.3 Å². The van der Waals surface area contributed by atoms with Gasteiger partial charge in [-0.25, -0.2) is 9.37 Å². The molecule has 0 saturated carbocycles. The number of imidazole rings is 1. The first-order valence-electron chi connectivity index (χ1n) is 11.8. The van der Waals surface area contributed by atoms with E-state index < -0.39 is 29.9 Å². The summed E-state index contributed by atoms with van der Waals surface area (Å²) in [7, 11) is 1.50. The minimum absolute atomic E-state index is 0. The number of aryl methyl sites for hydroxylation is 1. The highest BCUT2D eigenvalue weighted by Gasteiger charge is 2.22. The molecule has 0 fully saturated rings. The summed E-state index contributed by atoms with van der Waals surface area (Å²) in [5, 5.41) is 14.1. The van der Waals surface area contributed by atoms with E-state index in [1.807, 2.05) is 6.92 Å². The number of carbonyl (C=O) groups excluding carboxylic acids is 2. The predicted molar refractivity (Wildman–Crippen MR) is 143 cm³/mol. The third kappa shape index (κ3) is 7.51. The highest BCUT2D eigenvalue weighted by Crippen LogP contribution is 2.30. The van der Waals surface area contributed by atoms with Gasteiger partial charge in [0.15, 0.2) is 24.0 Å². The summed E-state index contributed by atoms with van der Waals surface area (Å²) in [6, 6.07) is 9.07. The van der Waals surface area contributed by atoms with Crippen LogP contribution in [0.5, 0.6) is 5.75 Å². The molecule has 13 heteroatoms. The van der Waals surface area contributed by atoms with Gasteiger partial charge in [0.25, 0.3) is 11.8 Å². The maximum Gasteiger partial charge on any atom is 0.291 e. The molecule has 3 aromatic rings. The van der Waals surface area contributed by atoms with Gasteiger partial charge >= 0.3 is 0 Å². The maximum absolute atomic E-state index is 14.7. The van der Waals surface area contributed by atoms with Crippen molar-refractivity contribution in [1.29, 1.82) is 5.26 Å². The summed E-state index contributed by atoms with van der Waals surface area (Å²) in [4.78, 5) is 29.6. The molecule has 208 valence electrons. The Bertz CT molecular complexity index is 1360. The molecular formula is C26H29ClF2N6O4. The monoisotopic (exact) mass is 562 g/mol. The van der Waals surface area contributed by atoms with Gasteiger partial charge in [0.1, 0.15) is 6.07 Å². The van der Waals surface area contributed by atoms with Gasteiger partial charge in [-0.1, -0.05) is 6.92 Å². The summed E-state index contributed by atoms with van der Waals surface area (Å²) >= 11 is 0. The van der Waals surface area contributed by atoms with E-state index >= 15 is 0 Å². The Kier molecular flexibility index (Phi) is 11.8. The van der Waals surface area contributed by atoms with Crippen molar-refractivity contribution in [1.82, 2.24) is 14.9 Å². The van der Waals surface area contributed by atoms with Crippen LogP contribution in [0.15, 0.2) is 36.5 Å². The van der Waals surface area contributed by atoms with Gasteiger partial charge in [-0.3, -0.25) is 9.59 Å². The fraction of sp³-hybridized carbons (Fsp3) is 0.308. The summed E-state index contributed by atoms with van der Waals surface area (Å²) in [5.41, 5.74) is 7.04. The number of benzene rings is 2. The van der Waals surface area contributed by atoms with Crippen LogP contribution in [0.3, 0.4) is 0 Å². The number of ether oxygens (including phenoxy) is 2. The van der Waals surface area contributed by atoms with Crippen molar-refractivity contribution >= 4 is 29.9 Å². The van der Waals surface area contributed by atoms with E-state index in [1.165, 1.54) is 29.9 Å². The Morgan fingerprint density at radius 2 is 1.92 bits per heavy atom. The Balaban J connectivity index is 0.00000533. The number of amides is 2. The number of hydrogen-bond acceptors (Lipinski definition) is 7. The van der Waals surface area contributed by atoms with Crippen LogP contribution in [0.4, 0.5) is 14.5 Å². The van der Waals surface area contributed by atoms with Crippen LogP contribution in [-0.4, -0.2) is 54.3 Å². The molecule has 0 aliphatic heterocycles. The quantitative estimate of drug-likeness (QED) is 0.287. The van der Waals surface area contributed by atoms with Crippen molar-refractivity contribution in [3.63, 3.8) is 0 Å². The van der Waals surface area contributed by atoms with E-state index in [0.29, 0.717) is 44.0 Å². The van der Waals surface area contributed by atoms with Crippen LogP contribution in [-0.2, 0) is 18.2 Å². The van der Waals surface area contributed by atoms with Crippen LogP contribution < -0.4 is 21.1 Å². The van der Waals surface area contributed by atoms with Gasteiger partial charge in [-0.2, -0.15) is 9.65 Å². The Labute approximate surface area is 230 Å². The van der Waals surface area contributed by atoms with Crippen molar-refractivity contribution in [2.24, 2.45) is 12.8 Å². The molecule has 1 aromatic heterocycles. The van der Waals surface area contributed by atoms with Gasteiger partial charge in [0.05, 0.1) is 25.1 Å². The molecule has 2 aromatic carbocycles. The molecule has 0 radical (unpaired) electrons. The van der Waals surface area contributed by atoms with E-state index in [0.717, 1.165) is 5.56 Å². The van der Waals surface area contributed by atoms with Crippen LogP contribution in [0.1, 0.15) is 33.5 Å². The molecule has 3 rings (SSSR count). The molecule has 0 aliphatic carbocycles. The van der Waals surface area contributed by atoms with Gasteiger partial charge in [-0.15, -0.1) is 12.4 Å². The molecule has 0 saturated heterocycles. The molecule has 0 bridgehead atoms. The minimum Gasteiger partial charge on any atom is -0.476 e. The SMILES string of the molecule is CCc1cc(NC(=O)c2ncc(-c3ccc(OCC#N)c(F)c3F)n2C)ccc1C(=O)NCCOCCN.Cl. The molecule has 1 heterocycles. The van der Waals surface area contributed by atoms with Gasteiger partial charge < -0.3 is 30.4 Å². The zero-order valence-corrected chi connectivity index (χ0v) is 22.2. The molecule has 4 N–H and O–H groups in total. The Morgan fingerprint density at radius 3 is 2.62 bits per heavy atom. The second-order valence-electron chi connectivity index (χ2n) is 8.05. The fourth-order valence-corrected chi connectivity index (χ4v) is 3.71. The van der Waals surface area contributed by atoms with E-state index in [4.69, 9.17) is 20.5 Å². The zero-order valence-electron chi connectivity index (χ0n) is 21.4. The number of nitriles is 1. The number of halogens is 3. The first kappa shape index (κ1) is 31.2. The topological polar surface area (TPSA) is 144 Å². The lowest BCUT2D eigenvalue weighted by Gasteiger charge is -2.13. The summed E-state index contributed by atoms with van der Waals surface area (Å²) in [6.07, 6.45) is 1.80. The molecule has 0 spiro atoms. The van der Waals surface area contributed by atoms with E-state index in [9.17, 15) is 18.4 Å². The lowest BCUT2D eigenvalue weighted by molar-refractivity contribution is 0.0918. The van der Waals surface area contributed by atoms with E-state index in [-0.39, 0.29) is 35.4 Å². The number of nitrogens with zero attached hydrogens (tertiary/aromatic N) is 3. The molecule has 10 nitrogen and oxygen atoms in total. The Morgan fingerprint density at radius 1 is 1.15 bits per heavy atom. The number of aromatic nitrogens is 2. The molecule has 39 heavy (non-hydrogen) atoms. The second kappa shape index (κ2) is 14.8. The third-order valence-corrected chi connectivity index (χ3v) is 5.59. The van der Waals surface area contributed by atoms with Crippen LogP contribution in [0.25, 0.3) is 11.3 Å². The lowest BCUT2D eigenvalue weighted by atomic mass is 10.0. The van der Waals surface area contributed by atoms with Crippen molar-refractivity contribution in [3.05, 3.63) is 65.1 Å². The van der Waals surface area contributed by atoms with Crippen LogP contribution in [0, 0.1) is 23.0 Å². The highest BCUT2D eigenvalue weighted by molar-refractivity contribution is 6.03. The number of nitrogens with one attached hydrogen (secondary N) is 2. The Hall–Kier alpha value is -4.05. The molecular weight excluding hydrogens is 534 g/mol. The van der Waals surface area contributed by atoms with Crippen molar-refractivity contribution in [3.8, 4) is 23.1 Å². The lowest BCUT2D eigenvalue weighted by Crippen LogP contribution is -2.28. The first-order valence-corrected chi connectivity index (χ1v) is 11.8. The zero-order chi connectivity index (χ0) is 27.7. The first-order chi connectivity index (χ1) is 18.3. The van der Waals surface area contributed by atoms with Crippen molar-refractivity contribution < 1.29 is 27.8 Å². The summed E-state index contributed by atoms with van der Waals surface area (Å²) in [6.45, 7) is 2.96. The smallest absolute Gasteiger partial charge is 0.291 e. The van der Waals surface area contributed by atoms with Crippen molar-refractivity contribution in [2.45, 2.75) is 13.3 Å². The van der Waals surface area contributed by atoms with Crippen LogP contribution >= 0.6 is 12.4 Å². The number of nitrogens with two attached hydrogens (primary N) is 1. The van der Waals surface area contributed by atoms with Gasteiger partial charge in [0, 0.05) is 37.0 Å².